The van der Waals surface area contributed by atoms with Gasteiger partial charge in [0.2, 0.25) is 0 Å². The average molecular weight is 560 g/mol. The predicted molar refractivity (Wildman–Crippen MR) is 153 cm³/mol. The topological polar surface area (TPSA) is 107 Å². The second kappa shape index (κ2) is 13.3. The van der Waals surface area contributed by atoms with Gasteiger partial charge in [0.15, 0.2) is 11.5 Å². The highest BCUT2D eigenvalue weighted by atomic mass is 32.2. The minimum absolute atomic E-state index is 0.0406. The van der Waals surface area contributed by atoms with E-state index in [0.29, 0.717) is 29.4 Å². The van der Waals surface area contributed by atoms with Crippen LogP contribution in [0.5, 0.6) is 17.2 Å². The Kier molecular flexibility index (Phi) is 9.37. The zero-order chi connectivity index (χ0) is 28.4. The molecule has 1 amide bonds. The van der Waals surface area contributed by atoms with Gasteiger partial charge in [0.05, 0.1) is 31.0 Å². The number of carbonyl (C=O) groups excluding carboxylic acids is 1. The summed E-state index contributed by atoms with van der Waals surface area (Å²) in [6, 6.07) is 29.4. The lowest BCUT2D eigenvalue weighted by atomic mass is 10.2. The van der Waals surface area contributed by atoms with E-state index in [1.54, 1.807) is 60.7 Å². The van der Waals surface area contributed by atoms with Gasteiger partial charge in [-0.2, -0.15) is 5.10 Å². The molecule has 0 spiro atoms. The average Bonchev–Trinajstić information content (AvgIpc) is 3.00. The lowest BCUT2D eigenvalue weighted by Gasteiger charge is -2.25. The Morgan fingerprint density at radius 1 is 0.825 bits per heavy atom. The molecule has 0 saturated carbocycles. The van der Waals surface area contributed by atoms with Crippen molar-refractivity contribution in [1.82, 2.24) is 5.43 Å². The maximum atomic E-state index is 13.5. The van der Waals surface area contributed by atoms with Crippen LogP contribution in [0.15, 0.2) is 113 Å². The standard InChI is InChI=1S/C30H29N3O6S/c1-37-27-16-10-9-15-26(27)33(40(35,36)25-13-7-4-8-14-25)21-30(34)32-31-20-24-17-18-28(29(19-24)38-2)39-22-23-11-5-3-6-12-23/h3-20H,21-22H2,1-2H3,(H,32,34)/b31-20-. The van der Waals surface area contributed by atoms with Crippen LogP contribution in [-0.4, -0.2) is 41.3 Å². The molecule has 0 unspecified atom stereocenters. The van der Waals surface area contributed by atoms with Crippen molar-refractivity contribution in [2.75, 3.05) is 25.1 Å². The van der Waals surface area contributed by atoms with Gasteiger partial charge in [0, 0.05) is 0 Å². The first-order valence-electron chi connectivity index (χ1n) is 12.3. The number of anilines is 1. The van der Waals surface area contributed by atoms with E-state index in [0.717, 1.165) is 9.87 Å². The van der Waals surface area contributed by atoms with Crippen molar-refractivity contribution in [2.45, 2.75) is 11.5 Å². The van der Waals surface area contributed by atoms with E-state index >= 15 is 0 Å². The number of benzene rings is 4. The van der Waals surface area contributed by atoms with Crippen LogP contribution in [0.2, 0.25) is 0 Å². The first-order chi connectivity index (χ1) is 19.4. The summed E-state index contributed by atoms with van der Waals surface area (Å²) in [6.07, 6.45) is 1.43. The summed E-state index contributed by atoms with van der Waals surface area (Å²) in [5.74, 6) is 0.727. The summed E-state index contributed by atoms with van der Waals surface area (Å²) in [5.41, 5.74) is 4.29. The molecule has 0 atom stereocenters. The maximum Gasteiger partial charge on any atom is 0.264 e. The lowest BCUT2D eigenvalue weighted by molar-refractivity contribution is -0.119. The minimum Gasteiger partial charge on any atom is -0.495 e. The van der Waals surface area contributed by atoms with E-state index in [4.69, 9.17) is 14.2 Å². The number of nitrogens with one attached hydrogen (secondary N) is 1. The van der Waals surface area contributed by atoms with E-state index in [-0.39, 0.29) is 10.6 Å². The first-order valence-corrected chi connectivity index (χ1v) is 13.7. The summed E-state index contributed by atoms with van der Waals surface area (Å²) in [5, 5.41) is 4.01. The van der Waals surface area contributed by atoms with Crippen molar-refractivity contribution >= 4 is 27.8 Å². The molecule has 0 aromatic heterocycles. The Balaban J connectivity index is 1.47. The Morgan fingerprint density at radius 2 is 1.48 bits per heavy atom. The Bertz CT molecular complexity index is 1560. The number of para-hydroxylation sites is 2. The first kappa shape index (κ1) is 28.2. The molecule has 4 rings (SSSR count). The highest BCUT2D eigenvalue weighted by molar-refractivity contribution is 7.92. The van der Waals surface area contributed by atoms with Crippen LogP contribution in [-0.2, 0) is 21.4 Å². The van der Waals surface area contributed by atoms with Gasteiger partial charge < -0.3 is 14.2 Å². The molecule has 1 N–H and O–H groups in total. The van der Waals surface area contributed by atoms with Crippen molar-refractivity contribution < 1.29 is 27.4 Å². The molecule has 4 aromatic carbocycles. The fourth-order valence-electron chi connectivity index (χ4n) is 3.82. The van der Waals surface area contributed by atoms with Crippen LogP contribution in [0.4, 0.5) is 5.69 Å². The molecule has 0 aliphatic heterocycles. The van der Waals surface area contributed by atoms with Crippen LogP contribution in [0.1, 0.15) is 11.1 Å². The number of nitrogens with zero attached hydrogens (tertiary/aromatic N) is 2. The van der Waals surface area contributed by atoms with Crippen molar-refractivity contribution in [1.29, 1.82) is 0 Å². The SMILES string of the molecule is COc1cc(/C=N\NC(=O)CN(c2ccccc2OC)S(=O)(=O)c2ccccc2)ccc1OCc1ccccc1. The molecule has 4 aromatic rings. The minimum atomic E-state index is -4.09. The van der Waals surface area contributed by atoms with Crippen LogP contribution in [0, 0.1) is 0 Å². The van der Waals surface area contributed by atoms with Crippen molar-refractivity contribution in [3.8, 4) is 17.2 Å². The number of hydrogen-bond acceptors (Lipinski definition) is 7. The van der Waals surface area contributed by atoms with E-state index in [2.05, 4.69) is 10.5 Å². The number of ether oxygens (including phenoxy) is 3. The fourth-order valence-corrected chi connectivity index (χ4v) is 5.27. The van der Waals surface area contributed by atoms with Crippen LogP contribution >= 0.6 is 0 Å². The third-order valence-corrected chi connectivity index (χ3v) is 7.57. The van der Waals surface area contributed by atoms with Gasteiger partial charge in [-0.1, -0.05) is 60.7 Å². The zero-order valence-electron chi connectivity index (χ0n) is 22.1. The molecule has 0 aliphatic carbocycles. The molecule has 206 valence electrons. The van der Waals surface area contributed by atoms with E-state index in [1.165, 1.54) is 32.6 Å². The summed E-state index contributed by atoms with van der Waals surface area (Å²) in [6.45, 7) is -0.139. The molecule has 9 nitrogen and oxygen atoms in total. The van der Waals surface area contributed by atoms with Crippen molar-refractivity contribution in [3.05, 3.63) is 114 Å². The molecular weight excluding hydrogens is 530 g/mol. The van der Waals surface area contributed by atoms with E-state index in [1.807, 2.05) is 30.3 Å². The quantitative estimate of drug-likeness (QED) is 0.200. The van der Waals surface area contributed by atoms with Crippen LogP contribution < -0.4 is 23.9 Å². The van der Waals surface area contributed by atoms with Crippen molar-refractivity contribution in [2.24, 2.45) is 5.10 Å². The zero-order valence-corrected chi connectivity index (χ0v) is 22.9. The number of hydrogen-bond donors (Lipinski definition) is 1. The molecule has 10 heteroatoms. The number of methoxy groups -OCH3 is 2. The highest BCUT2D eigenvalue weighted by Gasteiger charge is 2.29. The van der Waals surface area contributed by atoms with Gasteiger partial charge >= 0.3 is 0 Å². The monoisotopic (exact) mass is 559 g/mol. The normalized spacial score (nSPS) is 11.2. The van der Waals surface area contributed by atoms with Gasteiger partial charge in [0.1, 0.15) is 18.9 Å². The molecule has 0 radical (unpaired) electrons. The Hall–Kier alpha value is -4.83. The third kappa shape index (κ3) is 6.97. The highest BCUT2D eigenvalue weighted by Crippen LogP contribution is 2.32. The number of hydrazone groups is 1. The Morgan fingerprint density at radius 3 is 2.17 bits per heavy atom. The largest absolute Gasteiger partial charge is 0.495 e. The molecule has 0 aliphatic rings. The summed E-state index contributed by atoms with van der Waals surface area (Å²) in [7, 11) is -1.12. The lowest BCUT2D eigenvalue weighted by Crippen LogP contribution is -2.39. The molecule has 0 bridgehead atoms. The van der Waals surface area contributed by atoms with Gasteiger partial charge in [-0.3, -0.25) is 9.10 Å². The van der Waals surface area contributed by atoms with Crippen LogP contribution in [0.3, 0.4) is 0 Å². The second-order valence-electron chi connectivity index (χ2n) is 8.47. The van der Waals surface area contributed by atoms with Gasteiger partial charge in [0.25, 0.3) is 15.9 Å². The summed E-state index contributed by atoms with van der Waals surface area (Å²) < 4.78 is 44.7. The molecule has 0 saturated heterocycles. The molecule has 0 heterocycles. The number of rotatable bonds is 12. The third-order valence-electron chi connectivity index (χ3n) is 5.80. The smallest absolute Gasteiger partial charge is 0.264 e. The molecule has 0 fully saturated rings. The van der Waals surface area contributed by atoms with E-state index < -0.39 is 22.5 Å². The van der Waals surface area contributed by atoms with Gasteiger partial charge in [-0.05, 0) is 53.6 Å². The number of amides is 1. The van der Waals surface area contributed by atoms with Gasteiger partial charge in [-0.15, -0.1) is 0 Å². The maximum absolute atomic E-state index is 13.5. The van der Waals surface area contributed by atoms with E-state index in [9.17, 15) is 13.2 Å². The number of sulfonamides is 1. The molecular formula is C30H29N3O6S. The number of carbonyl (C=O) groups is 1. The van der Waals surface area contributed by atoms with Crippen molar-refractivity contribution in [3.63, 3.8) is 0 Å². The fraction of sp³-hybridized carbons (Fsp3) is 0.133. The molecule has 40 heavy (non-hydrogen) atoms. The second-order valence-corrected chi connectivity index (χ2v) is 10.3. The predicted octanol–water partition coefficient (Wildman–Crippen LogP) is 4.63. The summed E-state index contributed by atoms with van der Waals surface area (Å²) in [4.78, 5) is 12.9. The summed E-state index contributed by atoms with van der Waals surface area (Å²) >= 11 is 0. The van der Waals surface area contributed by atoms with Crippen LogP contribution in [0.25, 0.3) is 0 Å². The van der Waals surface area contributed by atoms with Gasteiger partial charge in [-0.25, -0.2) is 13.8 Å². The Labute approximate surface area is 233 Å².